The van der Waals surface area contributed by atoms with E-state index in [1.54, 1.807) is 21.7 Å². The average Bonchev–Trinajstić information content (AvgIpc) is 3.09. The number of rotatable bonds is 3. The number of aliphatic hydroxyl groups excluding tert-OH is 1. The zero-order chi connectivity index (χ0) is 18.1. The molecule has 1 fully saturated rings. The van der Waals surface area contributed by atoms with Crippen molar-refractivity contribution in [3.8, 4) is 0 Å². The molecular formula is C18H23FN4O2. The van der Waals surface area contributed by atoms with E-state index >= 15 is 0 Å². The zero-order valence-corrected chi connectivity index (χ0v) is 14.6. The maximum atomic E-state index is 13.5. The molecule has 3 atom stereocenters. The van der Waals surface area contributed by atoms with E-state index in [4.69, 9.17) is 0 Å². The molecule has 1 saturated heterocycles. The van der Waals surface area contributed by atoms with Crippen LogP contribution in [0.1, 0.15) is 42.2 Å². The van der Waals surface area contributed by atoms with Gasteiger partial charge < -0.3 is 15.3 Å². The molecule has 0 radical (unpaired) electrons. The van der Waals surface area contributed by atoms with Gasteiger partial charge in [-0.1, -0.05) is 12.1 Å². The van der Waals surface area contributed by atoms with Gasteiger partial charge in [-0.05, 0) is 38.0 Å². The normalized spacial score (nSPS) is 21.4. The molecule has 2 amide bonds. The molecule has 0 saturated carbocycles. The fraction of sp³-hybridized carbons (Fsp3) is 0.444. The number of benzene rings is 1. The minimum Gasteiger partial charge on any atom is -0.391 e. The van der Waals surface area contributed by atoms with Gasteiger partial charge in [0.05, 0.1) is 23.9 Å². The highest BCUT2D eigenvalue weighted by Gasteiger charge is 2.36. The Hall–Kier alpha value is -2.41. The SMILES string of the molecule is Cc1nn(C)cc1[C@H](C)NC(=O)N1C[C@H](O)C[C@@H]1c1cccc(F)c1. The Morgan fingerprint density at radius 2 is 2.24 bits per heavy atom. The van der Waals surface area contributed by atoms with Crippen LogP contribution in [-0.2, 0) is 7.05 Å². The quantitative estimate of drug-likeness (QED) is 0.897. The van der Waals surface area contributed by atoms with Gasteiger partial charge in [0, 0.05) is 25.4 Å². The van der Waals surface area contributed by atoms with E-state index in [1.165, 1.54) is 12.1 Å². The number of hydrogen-bond acceptors (Lipinski definition) is 3. The van der Waals surface area contributed by atoms with Crippen molar-refractivity contribution in [3.05, 3.63) is 53.1 Å². The molecule has 1 aliphatic rings. The van der Waals surface area contributed by atoms with Crippen LogP contribution in [0.15, 0.2) is 30.5 Å². The van der Waals surface area contributed by atoms with E-state index < -0.39 is 6.10 Å². The Kier molecular flexibility index (Phi) is 4.76. The molecular weight excluding hydrogens is 323 g/mol. The van der Waals surface area contributed by atoms with E-state index in [0.717, 1.165) is 11.3 Å². The van der Waals surface area contributed by atoms with Gasteiger partial charge in [0.15, 0.2) is 0 Å². The number of hydrogen-bond donors (Lipinski definition) is 2. The number of nitrogens with zero attached hydrogens (tertiary/aromatic N) is 3. The second-order valence-electron chi connectivity index (χ2n) is 6.63. The first kappa shape index (κ1) is 17.4. The third kappa shape index (κ3) is 3.66. The summed E-state index contributed by atoms with van der Waals surface area (Å²) in [5, 5.41) is 17.3. The number of aromatic nitrogens is 2. The Balaban J connectivity index is 1.76. The molecule has 0 bridgehead atoms. The van der Waals surface area contributed by atoms with Gasteiger partial charge in [-0.15, -0.1) is 0 Å². The average molecular weight is 346 g/mol. The van der Waals surface area contributed by atoms with Crippen LogP contribution in [0.4, 0.5) is 9.18 Å². The maximum absolute atomic E-state index is 13.5. The number of halogens is 1. The molecule has 134 valence electrons. The number of aliphatic hydroxyl groups is 1. The first-order valence-corrected chi connectivity index (χ1v) is 8.36. The highest BCUT2D eigenvalue weighted by molar-refractivity contribution is 5.75. The summed E-state index contributed by atoms with van der Waals surface area (Å²) >= 11 is 0. The second kappa shape index (κ2) is 6.84. The zero-order valence-electron chi connectivity index (χ0n) is 14.6. The summed E-state index contributed by atoms with van der Waals surface area (Å²) in [6, 6.07) is 5.35. The lowest BCUT2D eigenvalue weighted by Crippen LogP contribution is -2.41. The molecule has 1 aliphatic heterocycles. The summed E-state index contributed by atoms with van der Waals surface area (Å²) in [4.78, 5) is 14.3. The number of nitrogens with one attached hydrogen (secondary N) is 1. The summed E-state index contributed by atoms with van der Waals surface area (Å²) in [6.45, 7) is 4.02. The van der Waals surface area contributed by atoms with Crippen molar-refractivity contribution in [2.24, 2.45) is 7.05 Å². The van der Waals surface area contributed by atoms with Crippen molar-refractivity contribution in [2.45, 2.75) is 38.5 Å². The highest BCUT2D eigenvalue weighted by atomic mass is 19.1. The van der Waals surface area contributed by atoms with Crippen LogP contribution < -0.4 is 5.32 Å². The van der Waals surface area contributed by atoms with Crippen LogP contribution in [0, 0.1) is 12.7 Å². The van der Waals surface area contributed by atoms with Crippen molar-refractivity contribution < 1.29 is 14.3 Å². The van der Waals surface area contributed by atoms with Gasteiger partial charge in [-0.3, -0.25) is 4.68 Å². The lowest BCUT2D eigenvalue weighted by molar-refractivity contribution is 0.168. The molecule has 1 aromatic heterocycles. The van der Waals surface area contributed by atoms with E-state index in [2.05, 4.69) is 10.4 Å². The van der Waals surface area contributed by atoms with Crippen molar-refractivity contribution in [1.29, 1.82) is 0 Å². The summed E-state index contributed by atoms with van der Waals surface area (Å²) < 4.78 is 15.2. The van der Waals surface area contributed by atoms with Gasteiger partial charge >= 0.3 is 6.03 Å². The molecule has 7 heteroatoms. The Bertz CT molecular complexity index is 776. The van der Waals surface area contributed by atoms with E-state index in [9.17, 15) is 14.3 Å². The minimum atomic E-state index is -0.616. The molecule has 0 spiro atoms. The number of carbonyl (C=O) groups excluding carboxylic acids is 1. The van der Waals surface area contributed by atoms with E-state index in [-0.39, 0.29) is 30.5 Å². The topological polar surface area (TPSA) is 70.4 Å². The van der Waals surface area contributed by atoms with E-state index in [0.29, 0.717) is 12.0 Å². The Labute approximate surface area is 146 Å². The van der Waals surface area contributed by atoms with Crippen LogP contribution in [0.5, 0.6) is 0 Å². The Morgan fingerprint density at radius 3 is 2.88 bits per heavy atom. The monoisotopic (exact) mass is 346 g/mol. The van der Waals surface area contributed by atoms with Gasteiger partial charge in [0.2, 0.25) is 0 Å². The smallest absolute Gasteiger partial charge is 0.318 e. The first-order chi connectivity index (χ1) is 11.8. The lowest BCUT2D eigenvalue weighted by Gasteiger charge is -2.27. The fourth-order valence-electron chi connectivity index (χ4n) is 3.46. The van der Waals surface area contributed by atoms with Crippen molar-refractivity contribution in [3.63, 3.8) is 0 Å². The molecule has 2 aromatic rings. The molecule has 25 heavy (non-hydrogen) atoms. The number of urea groups is 1. The maximum Gasteiger partial charge on any atom is 0.318 e. The third-order valence-electron chi connectivity index (χ3n) is 4.63. The standard InChI is InChI=1S/C18H23FN4O2/c1-11(16-10-22(3)21-12(16)2)20-18(25)23-9-15(24)8-17(23)13-5-4-6-14(19)7-13/h4-7,10-11,15,17,24H,8-9H2,1-3H3,(H,20,25)/t11-,15+,17+/m0/s1. The molecule has 3 rings (SSSR count). The van der Waals surface area contributed by atoms with E-state index in [1.807, 2.05) is 27.1 Å². The number of carbonyl (C=O) groups is 1. The highest BCUT2D eigenvalue weighted by Crippen LogP contribution is 2.32. The van der Waals surface area contributed by atoms with Crippen molar-refractivity contribution in [1.82, 2.24) is 20.0 Å². The summed E-state index contributed by atoms with van der Waals surface area (Å²) in [7, 11) is 1.84. The lowest BCUT2D eigenvalue weighted by atomic mass is 10.0. The van der Waals surface area contributed by atoms with Gasteiger partial charge in [-0.2, -0.15) is 5.10 Å². The van der Waals surface area contributed by atoms with Gasteiger partial charge in [0.25, 0.3) is 0 Å². The predicted molar refractivity (Wildman–Crippen MR) is 91.4 cm³/mol. The molecule has 6 nitrogen and oxygen atoms in total. The van der Waals surface area contributed by atoms with Crippen LogP contribution in [0.3, 0.4) is 0 Å². The van der Waals surface area contributed by atoms with Gasteiger partial charge in [0.1, 0.15) is 5.82 Å². The largest absolute Gasteiger partial charge is 0.391 e. The van der Waals surface area contributed by atoms with Crippen LogP contribution in [0.2, 0.25) is 0 Å². The number of amides is 2. The summed E-state index contributed by atoms with van der Waals surface area (Å²) in [5.41, 5.74) is 2.49. The van der Waals surface area contributed by atoms with Crippen LogP contribution in [0.25, 0.3) is 0 Å². The predicted octanol–water partition coefficient (Wildman–Crippen LogP) is 2.45. The molecule has 0 aliphatic carbocycles. The molecule has 2 N–H and O–H groups in total. The van der Waals surface area contributed by atoms with Crippen LogP contribution in [-0.4, -0.2) is 38.5 Å². The summed E-state index contributed by atoms with van der Waals surface area (Å²) in [5.74, 6) is -0.349. The number of aryl methyl sites for hydroxylation is 2. The fourth-order valence-corrected chi connectivity index (χ4v) is 3.46. The second-order valence-corrected chi connectivity index (χ2v) is 6.63. The summed E-state index contributed by atoms with van der Waals surface area (Å²) in [6.07, 6.45) is 1.66. The van der Waals surface area contributed by atoms with Crippen molar-refractivity contribution in [2.75, 3.05) is 6.54 Å². The number of likely N-dealkylation sites (tertiary alicyclic amines) is 1. The number of β-amino-alcohol motifs (C(OH)–C–C–N with tert-alkyl or cyclic N) is 1. The first-order valence-electron chi connectivity index (χ1n) is 8.36. The van der Waals surface area contributed by atoms with Crippen LogP contribution >= 0.6 is 0 Å². The molecule has 1 aromatic carbocycles. The minimum absolute atomic E-state index is 0.216. The Morgan fingerprint density at radius 1 is 1.48 bits per heavy atom. The van der Waals surface area contributed by atoms with Crippen molar-refractivity contribution >= 4 is 6.03 Å². The molecule has 0 unspecified atom stereocenters. The molecule has 2 heterocycles. The third-order valence-corrected chi connectivity index (χ3v) is 4.63. The van der Waals surface area contributed by atoms with Gasteiger partial charge in [-0.25, -0.2) is 9.18 Å².